The molecule has 0 aliphatic rings. The Labute approximate surface area is 110 Å². The SMILES string of the molecule is [B]c1cc(F)cc(N(CC(F)F)C(=O)OC(C)C)c1. The van der Waals surface area contributed by atoms with Gasteiger partial charge >= 0.3 is 6.09 Å². The van der Waals surface area contributed by atoms with Crippen LogP contribution in [-0.4, -0.2) is 33.0 Å². The van der Waals surface area contributed by atoms with E-state index in [4.69, 9.17) is 12.6 Å². The van der Waals surface area contributed by atoms with Gasteiger partial charge in [-0.05, 0) is 32.0 Å². The number of hydrogen-bond donors (Lipinski definition) is 0. The molecule has 0 aliphatic carbocycles. The van der Waals surface area contributed by atoms with Crippen LogP contribution in [0.4, 0.5) is 23.7 Å². The van der Waals surface area contributed by atoms with Crippen LogP contribution < -0.4 is 10.4 Å². The molecule has 7 heteroatoms. The summed E-state index contributed by atoms with van der Waals surface area (Å²) in [5.41, 5.74) is -0.0323. The number of anilines is 1. The third-order valence-electron chi connectivity index (χ3n) is 2.09. The Kier molecular flexibility index (Phi) is 5.26. The van der Waals surface area contributed by atoms with Crippen molar-refractivity contribution in [1.29, 1.82) is 0 Å². The first-order valence-corrected chi connectivity index (χ1v) is 5.62. The summed E-state index contributed by atoms with van der Waals surface area (Å²) >= 11 is 0. The molecular weight excluding hydrogens is 258 g/mol. The quantitative estimate of drug-likeness (QED) is 0.786. The van der Waals surface area contributed by atoms with E-state index >= 15 is 0 Å². The van der Waals surface area contributed by atoms with Gasteiger partial charge in [0.05, 0.1) is 12.6 Å². The zero-order valence-corrected chi connectivity index (χ0v) is 10.6. The monoisotopic (exact) mass is 271 g/mol. The molecule has 0 heterocycles. The molecule has 19 heavy (non-hydrogen) atoms. The van der Waals surface area contributed by atoms with Gasteiger partial charge in [0.25, 0.3) is 6.43 Å². The van der Waals surface area contributed by atoms with Crippen LogP contribution in [0.5, 0.6) is 0 Å². The average molecular weight is 271 g/mol. The van der Waals surface area contributed by atoms with E-state index in [2.05, 4.69) is 0 Å². The van der Waals surface area contributed by atoms with E-state index in [9.17, 15) is 18.0 Å². The molecule has 0 bridgehead atoms. The van der Waals surface area contributed by atoms with E-state index in [0.29, 0.717) is 4.90 Å². The number of carbonyl (C=O) groups excluding carboxylic acids is 1. The molecule has 0 N–H and O–H groups in total. The minimum atomic E-state index is -2.77. The van der Waals surface area contributed by atoms with Crippen LogP contribution in [0.25, 0.3) is 0 Å². The molecule has 1 rings (SSSR count). The van der Waals surface area contributed by atoms with E-state index in [1.807, 2.05) is 0 Å². The first kappa shape index (κ1) is 15.4. The summed E-state index contributed by atoms with van der Waals surface area (Å²) in [6.45, 7) is 2.27. The summed E-state index contributed by atoms with van der Waals surface area (Å²) in [4.78, 5) is 12.4. The number of hydrogen-bond acceptors (Lipinski definition) is 2. The zero-order chi connectivity index (χ0) is 14.6. The van der Waals surface area contributed by atoms with Crippen LogP contribution in [-0.2, 0) is 4.74 Å². The fourth-order valence-corrected chi connectivity index (χ4v) is 1.44. The van der Waals surface area contributed by atoms with Crippen molar-refractivity contribution in [2.75, 3.05) is 11.4 Å². The van der Waals surface area contributed by atoms with Crippen LogP contribution >= 0.6 is 0 Å². The fraction of sp³-hybridized carbons (Fsp3) is 0.417. The second kappa shape index (κ2) is 6.49. The summed E-state index contributed by atoms with van der Waals surface area (Å²) in [7, 11) is 5.42. The second-order valence-corrected chi connectivity index (χ2v) is 4.18. The van der Waals surface area contributed by atoms with Crippen LogP contribution in [0.2, 0.25) is 0 Å². The third-order valence-corrected chi connectivity index (χ3v) is 2.09. The van der Waals surface area contributed by atoms with Gasteiger partial charge in [-0.3, -0.25) is 4.90 Å². The molecule has 0 spiro atoms. The zero-order valence-electron chi connectivity index (χ0n) is 10.6. The standard InChI is InChI=1S/C12H13BF3NO2/c1-7(2)19-12(18)17(6-11(15)16)10-4-8(13)3-9(14)5-10/h3-5,7,11H,6H2,1-2H3. The predicted molar refractivity (Wildman–Crippen MR) is 66.8 cm³/mol. The lowest BCUT2D eigenvalue weighted by molar-refractivity contribution is 0.111. The lowest BCUT2D eigenvalue weighted by atomic mass is 9.95. The highest BCUT2D eigenvalue weighted by atomic mass is 19.3. The molecular formula is C12H13BF3NO2. The summed E-state index contributed by atoms with van der Waals surface area (Å²) in [5, 5.41) is 0. The Hall–Kier alpha value is -1.66. The molecule has 2 radical (unpaired) electrons. The maximum atomic E-state index is 13.2. The molecule has 0 saturated carbocycles. The Morgan fingerprint density at radius 1 is 1.37 bits per heavy atom. The highest BCUT2D eigenvalue weighted by molar-refractivity contribution is 6.32. The van der Waals surface area contributed by atoms with Crippen molar-refractivity contribution in [3.63, 3.8) is 0 Å². The fourth-order valence-electron chi connectivity index (χ4n) is 1.44. The Bertz CT molecular complexity index is 434. The third kappa shape index (κ3) is 4.85. The van der Waals surface area contributed by atoms with Crippen molar-refractivity contribution in [1.82, 2.24) is 0 Å². The van der Waals surface area contributed by atoms with E-state index in [-0.39, 0.29) is 11.2 Å². The van der Waals surface area contributed by atoms with Crippen molar-refractivity contribution < 1.29 is 22.7 Å². The Morgan fingerprint density at radius 2 is 2.00 bits per heavy atom. The van der Waals surface area contributed by atoms with E-state index in [1.54, 1.807) is 13.8 Å². The average Bonchev–Trinajstić information content (AvgIpc) is 2.22. The topological polar surface area (TPSA) is 29.5 Å². The van der Waals surface area contributed by atoms with E-state index in [0.717, 1.165) is 12.1 Å². The second-order valence-electron chi connectivity index (χ2n) is 4.18. The lowest BCUT2D eigenvalue weighted by Crippen LogP contribution is -2.37. The molecule has 1 aromatic rings. The Balaban J connectivity index is 3.04. The predicted octanol–water partition coefficient (Wildman–Crippen LogP) is 2.24. The van der Waals surface area contributed by atoms with Gasteiger partial charge in [0.15, 0.2) is 0 Å². The van der Waals surface area contributed by atoms with Crippen LogP contribution in [0.1, 0.15) is 13.8 Å². The van der Waals surface area contributed by atoms with Crippen molar-refractivity contribution in [3.05, 3.63) is 24.0 Å². The lowest BCUT2D eigenvalue weighted by Gasteiger charge is -2.23. The number of amides is 1. The summed E-state index contributed by atoms with van der Waals surface area (Å²) in [6, 6.07) is 3.20. The van der Waals surface area contributed by atoms with Crippen molar-refractivity contribution in [2.45, 2.75) is 26.4 Å². The molecule has 0 aliphatic heterocycles. The molecule has 1 aromatic carbocycles. The first-order chi connectivity index (χ1) is 8.79. The van der Waals surface area contributed by atoms with Gasteiger partial charge in [-0.15, -0.1) is 0 Å². The molecule has 0 saturated heterocycles. The highest BCUT2D eigenvalue weighted by Gasteiger charge is 2.23. The molecule has 0 atom stereocenters. The highest BCUT2D eigenvalue weighted by Crippen LogP contribution is 2.17. The largest absolute Gasteiger partial charge is 0.446 e. The van der Waals surface area contributed by atoms with E-state index < -0.39 is 31.0 Å². The molecule has 102 valence electrons. The minimum Gasteiger partial charge on any atom is -0.446 e. The van der Waals surface area contributed by atoms with Gasteiger partial charge in [0.2, 0.25) is 0 Å². The number of benzene rings is 1. The van der Waals surface area contributed by atoms with Gasteiger partial charge < -0.3 is 4.74 Å². The van der Waals surface area contributed by atoms with Crippen LogP contribution in [0, 0.1) is 5.82 Å². The van der Waals surface area contributed by atoms with Gasteiger partial charge in [-0.2, -0.15) is 0 Å². The minimum absolute atomic E-state index is 0.0339. The normalized spacial score (nSPS) is 10.9. The number of carbonyl (C=O) groups is 1. The van der Waals surface area contributed by atoms with Gasteiger partial charge in [-0.25, -0.2) is 18.0 Å². The maximum absolute atomic E-state index is 13.2. The number of nitrogens with zero attached hydrogens (tertiary/aromatic N) is 1. The molecule has 1 amide bonds. The van der Waals surface area contributed by atoms with Gasteiger partial charge in [-0.1, -0.05) is 5.46 Å². The van der Waals surface area contributed by atoms with Gasteiger partial charge in [0.1, 0.15) is 13.7 Å². The van der Waals surface area contributed by atoms with Crippen LogP contribution in [0.15, 0.2) is 18.2 Å². The van der Waals surface area contributed by atoms with E-state index in [1.165, 1.54) is 6.07 Å². The number of alkyl halides is 2. The number of rotatable bonds is 4. The van der Waals surface area contributed by atoms with Crippen molar-refractivity contribution in [2.24, 2.45) is 0 Å². The number of halogens is 3. The van der Waals surface area contributed by atoms with Gasteiger partial charge in [0, 0.05) is 5.69 Å². The number of ether oxygens (including phenoxy) is 1. The molecule has 0 unspecified atom stereocenters. The maximum Gasteiger partial charge on any atom is 0.414 e. The van der Waals surface area contributed by atoms with Crippen LogP contribution in [0.3, 0.4) is 0 Å². The summed E-state index contributed by atoms with van der Waals surface area (Å²) in [6.07, 6.45) is -4.22. The molecule has 0 aromatic heterocycles. The first-order valence-electron chi connectivity index (χ1n) is 5.62. The smallest absolute Gasteiger partial charge is 0.414 e. The van der Waals surface area contributed by atoms with Crippen molar-refractivity contribution in [3.8, 4) is 0 Å². The summed E-state index contributed by atoms with van der Waals surface area (Å²) in [5.74, 6) is -0.716. The molecule has 0 fully saturated rings. The molecule has 3 nitrogen and oxygen atoms in total. The van der Waals surface area contributed by atoms with Crippen molar-refractivity contribution >= 4 is 25.1 Å². The summed E-state index contributed by atoms with van der Waals surface area (Å²) < 4.78 is 43.0. The Morgan fingerprint density at radius 3 is 2.47 bits per heavy atom.